The SMILES string of the molecule is CCCNC(=O)Cc1c(C)n(C(=O)c2ccc(F)cc2)c2cc(F)c(O)cc12. The van der Waals surface area contributed by atoms with E-state index in [4.69, 9.17) is 0 Å². The van der Waals surface area contributed by atoms with E-state index in [0.29, 0.717) is 23.2 Å². The molecule has 28 heavy (non-hydrogen) atoms. The zero-order valence-corrected chi connectivity index (χ0v) is 15.6. The second kappa shape index (κ2) is 7.80. The quantitative estimate of drug-likeness (QED) is 0.703. The van der Waals surface area contributed by atoms with Crippen LogP contribution in [0, 0.1) is 18.6 Å². The van der Waals surface area contributed by atoms with Gasteiger partial charge >= 0.3 is 0 Å². The van der Waals surface area contributed by atoms with E-state index < -0.39 is 23.3 Å². The number of aromatic nitrogens is 1. The molecule has 0 aliphatic carbocycles. The van der Waals surface area contributed by atoms with Crippen molar-refractivity contribution in [2.24, 2.45) is 0 Å². The van der Waals surface area contributed by atoms with Crippen LogP contribution in [0.25, 0.3) is 10.9 Å². The highest BCUT2D eigenvalue weighted by Crippen LogP contribution is 2.32. The molecule has 2 aromatic carbocycles. The van der Waals surface area contributed by atoms with E-state index in [-0.39, 0.29) is 23.4 Å². The van der Waals surface area contributed by atoms with Gasteiger partial charge in [-0.25, -0.2) is 8.78 Å². The normalized spacial score (nSPS) is 11.0. The summed E-state index contributed by atoms with van der Waals surface area (Å²) in [6, 6.07) is 7.29. The van der Waals surface area contributed by atoms with Crippen molar-refractivity contribution >= 4 is 22.7 Å². The highest BCUT2D eigenvalue weighted by Gasteiger charge is 2.23. The first-order valence-corrected chi connectivity index (χ1v) is 8.92. The van der Waals surface area contributed by atoms with Crippen molar-refractivity contribution in [1.82, 2.24) is 9.88 Å². The molecule has 0 unspecified atom stereocenters. The van der Waals surface area contributed by atoms with Gasteiger partial charge in [0.15, 0.2) is 11.6 Å². The predicted molar refractivity (Wildman–Crippen MR) is 101 cm³/mol. The lowest BCUT2D eigenvalue weighted by atomic mass is 10.1. The van der Waals surface area contributed by atoms with E-state index in [9.17, 15) is 23.5 Å². The standard InChI is InChI=1S/C21H20F2N2O3/c1-3-8-24-20(27)10-15-12(2)25(18-11-17(23)19(26)9-16(15)18)21(28)13-4-6-14(22)7-5-13/h4-7,9,11,26H,3,8,10H2,1-2H3,(H,24,27). The number of amides is 1. The summed E-state index contributed by atoms with van der Waals surface area (Å²) in [5, 5.41) is 13.0. The Kier molecular flexibility index (Phi) is 5.44. The lowest BCUT2D eigenvalue weighted by Crippen LogP contribution is -2.26. The Labute approximate surface area is 160 Å². The van der Waals surface area contributed by atoms with Crippen molar-refractivity contribution in [3.05, 3.63) is 64.9 Å². The molecule has 0 saturated heterocycles. The molecule has 0 fully saturated rings. The van der Waals surface area contributed by atoms with Gasteiger partial charge in [-0.1, -0.05) is 6.92 Å². The molecule has 3 rings (SSSR count). The minimum Gasteiger partial charge on any atom is -0.505 e. The van der Waals surface area contributed by atoms with Gasteiger partial charge in [0.1, 0.15) is 5.82 Å². The van der Waals surface area contributed by atoms with E-state index in [2.05, 4.69) is 5.32 Å². The topological polar surface area (TPSA) is 71.3 Å². The Morgan fingerprint density at radius 3 is 2.46 bits per heavy atom. The molecule has 7 heteroatoms. The second-order valence-corrected chi connectivity index (χ2v) is 6.56. The van der Waals surface area contributed by atoms with Crippen LogP contribution in [-0.4, -0.2) is 28.0 Å². The molecule has 0 saturated carbocycles. The number of hydrogen-bond donors (Lipinski definition) is 2. The van der Waals surface area contributed by atoms with E-state index in [0.717, 1.165) is 12.5 Å². The zero-order chi connectivity index (χ0) is 20.4. The van der Waals surface area contributed by atoms with E-state index in [1.807, 2.05) is 6.92 Å². The van der Waals surface area contributed by atoms with Crippen LogP contribution in [0.1, 0.15) is 35.0 Å². The Balaban J connectivity index is 2.15. The molecular formula is C21H20F2N2O3. The maximum absolute atomic E-state index is 14.0. The number of carbonyl (C=O) groups excluding carboxylic acids is 2. The third kappa shape index (κ3) is 3.60. The Bertz CT molecular complexity index is 1060. The molecule has 0 spiro atoms. The molecular weight excluding hydrogens is 366 g/mol. The number of rotatable bonds is 5. The maximum atomic E-state index is 14.0. The summed E-state index contributed by atoms with van der Waals surface area (Å²) in [5.41, 5.74) is 1.44. The fourth-order valence-corrected chi connectivity index (χ4v) is 3.18. The average molecular weight is 386 g/mol. The van der Waals surface area contributed by atoms with Crippen molar-refractivity contribution in [2.75, 3.05) is 6.54 Å². The first-order valence-electron chi connectivity index (χ1n) is 8.92. The zero-order valence-electron chi connectivity index (χ0n) is 15.6. The van der Waals surface area contributed by atoms with Crippen LogP contribution >= 0.6 is 0 Å². The number of nitrogens with zero attached hydrogens (tertiary/aromatic N) is 1. The van der Waals surface area contributed by atoms with Gasteiger partial charge in [-0.15, -0.1) is 0 Å². The van der Waals surface area contributed by atoms with Gasteiger partial charge in [-0.3, -0.25) is 14.2 Å². The van der Waals surface area contributed by atoms with Crippen LogP contribution in [0.15, 0.2) is 36.4 Å². The summed E-state index contributed by atoms with van der Waals surface area (Å²) in [6.45, 7) is 4.10. The second-order valence-electron chi connectivity index (χ2n) is 6.56. The lowest BCUT2D eigenvalue weighted by Gasteiger charge is -2.08. The predicted octanol–water partition coefficient (Wildman–Crippen LogP) is 3.69. The summed E-state index contributed by atoms with van der Waals surface area (Å²) >= 11 is 0. The van der Waals surface area contributed by atoms with Gasteiger partial charge in [-0.2, -0.15) is 0 Å². The highest BCUT2D eigenvalue weighted by atomic mass is 19.1. The first kappa shape index (κ1) is 19.5. The van der Waals surface area contributed by atoms with E-state index >= 15 is 0 Å². The molecule has 0 radical (unpaired) electrons. The summed E-state index contributed by atoms with van der Waals surface area (Å²) in [4.78, 5) is 25.2. The molecule has 146 valence electrons. The summed E-state index contributed by atoms with van der Waals surface area (Å²) < 4.78 is 28.5. The molecule has 1 aromatic heterocycles. The summed E-state index contributed by atoms with van der Waals surface area (Å²) in [5.74, 6) is -2.63. The van der Waals surface area contributed by atoms with Crippen LogP contribution < -0.4 is 5.32 Å². The minimum atomic E-state index is -0.875. The third-order valence-corrected chi connectivity index (χ3v) is 4.61. The number of phenols is 1. The maximum Gasteiger partial charge on any atom is 0.262 e. The number of aromatic hydroxyl groups is 1. The van der Waals surface area contributed by atoms with Crippen molar-refractivity contribution in [1.29, 1.82) is 0 Å². The first-order chi connectivity index (χ1) is 13.3. The molecule has 2 N–H and O–H groups in total. The molecule has 5 nitrogen and oxygen atoms in total. The number of fused-ring (bicyclic) bond motifs is 1. The van der Waals surface area contributed by atoms with Crippen LogP contribution in [0.2, 0.25) is 0 Å². The van der Waals surface area contributed by atoms with Crippen molar-refractivity contribution in [3.8, 4) is 5.75 Å². The monoisotopic (exact) mass is 386 g/mol. The molecule has 0 aliphatic heterocycles. The van der Waals surface area contributed by atoms with Crippen LogP contribution in [0.3, 0.4) is 0 Å². The van der Waals surface area contributed by atoms with Crippen LogP contribution in [-0.2, 0) is 11.2 Å². The van der Waals surface area contributed by atoms with Crippen LogP contribution in [0.4, 0.5) is 8.78 Å². The number of phenolic OH excluding ortho intramolecular Hbond substituents is 1. The average Bonchev–Trinajstić information content (AvgIpc) is 2.91. The van der Waals surface area contributed by atoms with Gasteiger partial charge in [0.05, 0.1) is 11.9 Å². The van der Waals surface area contributed by atoms with Gasteiger partial charge in [-0.05, 0) is 49.2 Å². The lowest BCUT2D eigenvalue weighted by molar-refractivity contribution is -0.120. The summed E-state index contributed by atoms with van der Waals surface area (Å²) in [6.07, 6.45) is 0.763. The largest absolute Gasteiger partial charge is 0.505 e. The Hall–Kier alpha value is -3.22. The van der Waals surface area contributed by atoms with Crippen molar-refractivity contribution in [2.45, 2.75) is 26.7 Å². The Morgan fingerprint density at radius 1 is 1.14 bits per heavy atom. The van der Waals surface area contributed by atoms with E-state index in [1.165, 1.54) is 34.9 Å². The highest BCUT2D eigenvalue weighted by molar-refractivity contribution is 6.05. The molecule has 0 bridgehead atoms. The number of nitrogens with one attached hydrogen (secondary N) is 1. The van der Waals surface area contributed by atoms with Gasteiger partial charge in [0.2, 0.25) is 5.91 Å². The smallest absolute Gasteiger partial charge is 0.262 e. The van der Waals surface area contributed by atoms with Crippen molar-refractivity contribution < 1.29 is 23.5 Å². The van der Waals surface area contributed by atoms with Gasteiger partial charge in [0, 0.05) is 29.3 Å². The molecule has 3 aromatic rings. The fourth-order valence-electron chi connectivity index (χ4n) is 3.18. The van der Waals surface area contributed by atoms with E-state index in [1.54, 1.807) is 6.92 Å². The third-order valence-electron chi connectivity index (χ3n) is 4.61. The Morgan fingerprint density at radius 2 is 1.82 bits per heavy atom. The molecule has 0 aliphatic rings. The minimum absolute atomic E-state index is 0.0168. The fraction of sp³-hybridized carbons (Fsp3) is 0.238. The van der Waals surface area contributed by atoms with Gasteiger partial charge in [0.25, 0.3) is 5.91 Å². The van der Waals surface area contributed by atoms with Crippen molar-refractivity contribution in [3.63, 3.8) is 0 Å². The number of halogens is 2. The van der Waals surface area contributed by atoms with Gasteiger partial charge < -0.3 is 10.4 Å². The number of carbonyl (C=O) groups is 2. The molecule has 1 amide bonds. The number of benzene rings is 2. The molecule has 1 heterocycles. The number of hydrogen-bond acceptors (Lipinski definition) is 3. The summed E-state index contributed by atoms with van der Waals surface area (Å²) in [7, 11) is 0. The molecule has 0 atom stereocenters. The van der Waals surface area contributed by atoms with Crippen LogP contribution in [0.5, 0.6) is 5.75 Å².